The maximum Gasteiger partial charge on any atom is 0.407 e. The van der Waals surface area contributed by atoms with E-state index in [-0.39, 0.29) is 0 Å². The SMILES string of the molecule is O=C(O)N1Cc2cc(Cl)c(N3CCCC3)cc2C1. The van der Waals surface area contributed by atoms with Crippen LogP contribution in [0.25, 0.3) is 0 Å². The van der Waals surface area contributed by atoms with Crippen molar-refractivity contribution in [2.45, 2.75) is 25.9 Å². The molecule has 0 unspecified atom stereocenters. The lowest BCUT2D eigenvalue weighted by molar-refractivity contribution is 0.145. The maximum atomic E-state index is 11.0. The molecule has 0 saturated carbocycles. The summed E-state index contributed by atoms with van der Waals surface area (Å²) in [6, 6.07) is 3.99. The molecule has 0 radical (unpaired) electrons. The molecule has 2 aliphatic heterocycles. The van der Waals surface area contributed by atoms with Gasteiger partial charge in [0.1, 0.15) is 0 Å². The van der Waals surface area contributed by atoms with Crippen LogP contribution in [0.5, 0.6) is 0 Å². The van der Waals surface area contributed by atoms with E-state index in [9.17, 15) is 4.79 Å². The van der Waals surface area contributed by atoms with Crippen LogP contribution < -0.4 is 4.90 Å². The smallest absolute Gasteiger partial charge is 0.407 e. The molecule has 1 saturated heterocycles. The van der Waals surface area contributed by atoms with E-state index in [0.717, 1.165) is 34.9 Å². The Morgan fingerprint density at radius 3 is 2.39 bits per heavy atom. The first-order valence-corrected chi connectivity index (χ1v) is 6.57. The van der Waals surface area contributed by atoms with Crippen molar-refractivity contribution in [2.75, 3.05) is 18.0 Å². The molecule has 3 rings (SSSR count). The third kappa shape index (κ3) is 1.90. The number of carboxylic acid groups (broad SMARTS) is 1. The van der Waals surface area contributed by atoms with Crippen LogP contribution in [0.3, 0.4) is 0 Å². The molecule has 2 heterocycles. The van der Waals surface area contributed by atoms with Gasteiger partial charge in [-0.3, -0.25) is 4.90 Å². The van der Waals surface area contributed by atoms with Crippen molar-refractivity contribution in [1.82, 2.24) is 4.90 Å². The van der Waals surface area contributed by atoms with Gasteiger partial charge in [0.15, 0.2) is 0 Å². The Kier molecular flexibility index (Phi) is 2.82. The number of hydrogen-bond acceptors (Lipinski definition) is 2. The molecule has 1 fully saturated rings. The molecule has 96 valence electrons. The first kappa shape index (κ1) is 11.7. The fourth-order valence-corrected chi connectivity index (χ4v) is 3.05. The lowest BCUT2D eigenvalue weighted by Gasteiger charge is -2.20. The van der Waals surface area contributed by atoms with E-state index >= 15 is 0 Å². The predicted octanol–water partition coefficient (Wildman–Crippen LogP) is 2.93. The normalized spacial score (nSPS) is 18.3. The standard InChI is InChI=1S/C13H15ClN2O2/c14-11-5-9-7-16(13(17)18)8-10(9)6-12(11)15-3-1-2-4-15/h5-6H,1-4,7-8H2,(H,17,18). The number of carbonyl (C=O) groups is 1. The molecule has 2 aliphatic rings. The summed E-state index contributed by atoms with van der Waals surface area (Å²) in [4.78, 5) is 14.7. The van der Waals surface area contributed by atoms with Crippen molar-refractivity contribution in [3.05, 3.63) is 28.3 Å². The van der Waals surface area contributed by atoms with Crippen LogP contribution in [0.15, 0.2) is 12.1 Å². The summed E-state index contributed by atoms with van der Waals surface area (Å²) in [5, 5.41) is 9.76. The molecule has 0 spiro atoms. The van der Waals surface area contributed by atoms with Gasteiger partial charge in [-0.25, -0.2) is 4.79 Å². The van der Waals surface area contributed by atoms with Gasteiger partial charge in [0.25, 0.3) is 0 Å². The molecular weight excluding hydrogens is 252 g/mol. The molecule has 0 aliphatic carbocycles. The predicted molar refractivity (Wildman–Crippen MR) is 70.2 cm³/mol. The van der Waals surface area contributed by atoms with Crippen LogP contribution in [0.2, 0.25) is 5.02 Å². The van der Waals surface area contributed by atoms with Crippen molar-refractivity contribution in [2.24, 2.45) is 0 Å². The molecule has 1 aromatic rings. The van der Waals surface area contributed by atoms with Gasteiger partial charge in [-0.2, -0.15) is 0 Å². The van der Waals surface area contributed by atoms with E-state index in [1.807, 2.05) is 6.07 Å². The lowest BCUT2D eigenvalue weighted by atomic mass is 10.1. The summed E-state index contributed by atoms with van der Waals surface area (Å²) in [5.41, 5.74) is 3.18. The van der Waals surface area contributed by atoms with Gasteiger partial charge >= 0.3 is 6.09 Å². The molecule has 1 N–H and O–H groups in total. The molecule has 4 nitrogen and oxygen atoms in total. The van der Waals surface area contributed by atoms with E-state index in [1.165, 1.54) is 17.7 Å². The highest BCUT2D eigenvalue weighted by molar-refractivity contribution is 6.33. The maximum absolute atomic E-state index is 11.0. The van der Waals surface area contributed by atoms with E-state index in [0.29, 0.717) is 13.1 Å². The Morgan fingerprint density at radius 2 is 1.78 bits per heavy atom. The second kappa shape index (κ2) is 4.35. The van der Waals surface area contributed by atoms with Gasteiger partial charge in [-0.1, -0.05) is 11.6 Å². The second-order valence-corrected chi connectivity index (χ2v) is 5.31. The first-order valence-electron chi connectivity index (χ1n) is 6.19. The van der Waals surface area contributed by atoms with Gasteiger partial charge in [0, 0.05) is 26.2 Å². The minimum atomic E-state index is -0.870. The fourth-order valence-electron chi connectivity index (χ4n) is 2.74. The Morgan fingerprint density at radius 1 is 1.17 bits per heavy atom. The van der Waals surface area contributed by atoms with Crippen LogP contribution in [0, 0.1) is 0 Å². The number of benzene rings is 1. The average Bonchev–Trinajstić information content (AvgIpc) is 2.95. The molecule has 1 amide bonds. The Bertz CT molecular complexity index is 498. The zero-order valence-corrected chi connectivity index (χ0v) is 10.8. The van der Waals surface area contributed by atoms with Crippen molar-refractivity contribution >= 4 is 23.4 Å². The molecule has 5 heteroatoms. The number of fused-ring (bicyclic) bond motifs is 1. The Hall–Kier alpha value is -1.42. The summed E-state index contributed by atoms with van der Waals surface area (Å²) in [7, 11) is 0. The van der Waals surface area contributed by atoms with Crippen molar-refractivity contribution in [3.63, 3.8) is 0 Å². The van der Waals surface area contributed by atoms with E-state index in [4.69, 9.17) is 16.7 Å². The lowest BCUT2D eigenvalue weighted by Crippen LogP contribution is -2.22. The molecule has 0 aromatic heterocycles. The number of amides is 1. The number of anilines is 1. The molecular formula is C13H15ClN2O2. The number of rotatable bonds is 1. The van der Waals surface area contributed by atoms with Gasteiger partial charge in [0.2, 0.25) is 0 Å². The molecule has 18 heavy (non-hydrogen) atoms. The van der Waals surface area contributed by atoms with Crippen molar-refractivity contribution in [1.29, 1.82) is 0 Å². The summed E-state index contributed by atoms with van der Waals surface area (Å²) >= 11 is 6.31. The van der Waals surface area contributed by atoms with Gasteiger partial charge < -0.3 is 10.0 Å². The first-order chi connectivity index (χ1) is 8.65. The quantitative estimate of drug-likeness (QED) is 0.850. The largest absolute Gasteiger partial charge is 0.465 e. The second-order valence-electron chi connectivity index (χ2n) is 4.91. The van der Waals surface area contributed by atoms with Crippen LogP contribution in [-0.4, -0.2) is 29.2 Å². The zero-order chi connectivity index (χ0) is 12.7. The summed E-state index contributed by atoms with van der Waals surface area (Å²) in [6.07, 6.45) is 1.54. The van der Waals surface area contributed by atoms with E-state index in [1.54, 1.807) is 0 Å². The molecule has 0 atom stereocenters. The summed E-state index contributed by atoms with van der Waals surface area (Å²) in [5.74, 6) is 0. The zero-order valence-electron chi connectivity index (χ0n) is 10.0. The van der Waals surface area contributed by atoms with E-state index in [2.05, 4.69) is 11.0 Å². The van der Waals surface area contributed by atoms with Crippen molar-refractivity contribution in [3.8, 4) is 0 Å². The summed E-state index contributed by atoms with van der Waals surface area (Å²) < 4.78 is 0. The third-order valence-corrected chi connectivity index (χ3v) is 4.01. The number of hydrogen-bond donors (Lipinski definition) is 1. The van der Waals surface area contributed by atoms with Crippen LogP contribution in [0.4, 0.5) is 10.5 Å². The van der Waals surface area contributed by atoms with Crippen LogP contribution in [0.1, 0.15) is 24.0 Å². The number of nitrogens with zero attached hydrogens (tertiary/aromatic N) is 2. The molecule has 0 bridgehead atoms. The average molecular weight is 267 g/mol. The van der Waals surface area contributed by atoms with Gasteiger partial charge in [0.05, 0.1) is 10.7 Å². The highest BCUT2D eigenvalue weighted by Gasteiger charge is 2.25. The highest BCUT2D eigenvalue weighted by atomic mass is 35.5. The Balaban J connectivity index is 1.92. The minimum absolute atomic E-state index is 0.449. The molecule has 1 aromatic carbocycles. The Labute approximate surface area is 111 Å². The van der Waals surface area contributed by atoms with Crippen LogP contribution in [-0.2, 0) is 13.1 Å². The summed E-state index contributed by atoms with van der Waals surface area (Å²) in [6.45, 7) is 3.01. The highest BCUT2D eigenvalue weighted by Crippen LogP contribution is 2.35. The monoisotopic (exact) mass is 266 g/mol. The third-order valence-electron chi connectivity index (χ3n) is 3.71. The fraction of sp³-hybridized carbons (Fsp3) is 0.462. The van der Waals surface area contributed by atoms with Gasteiger partial charge in [-0.15, -0.1) is 0 Å². The number of halogens is 1. The van der Waals surface area contributed by atoms with E-state index < -0.39 is 6.09 Å². The van der Waals surface area contributed by atoms with Crippen molar-refractivity contribution < 1.29 is 9.90 Å². The van der Waals surface area contributed by atoms with Gasteiger partial charge in [-0.05, 0) is 36.1 Å². The topological polar surface area (TPSA) is 43.8 Å². The minimum Gasteiger partial charge on any atom is -0.465 e. The van der Waals surface area contributed by atoms with Crippen LogP contribution >= 0.6 is 11.6 Å².